The second-order valence-corrected chi connectivity index (χ2v) is 4.85. The van der Waals surface area contributed by atoms with Crippen LogP contribution in [0.1, 0.15) is 33.6 Å². The molecule has 0 aliphatic rings. The summed E-state index contributed by atoms with van der Waals surface area (Å²) in [5.41, 5.74) is 10.7. The molecule has 1 atom stereocenters. The summed E-state index contributed by atoms with van der Waals surface area (Å²) in [4.78, 5) is 24.5. The topological polar surface area (TPSA) is 89.4 Å². The molecule has 100 valence electrons. The Kier molecular flexibility index (Phi) is 7.54. The van der Waals surface area contributed by atoms with Crippen molar-refractivity contribution in [2.75, 3.05) is 19.6 Å². The van der Waals surface area contributed by atoms with E-state index in [4.69, 9.17) is 11.5 Å². The summed E-state index contributed by atoms with van der Waals surface area (Å²) < 4.78 is 0. The highest BCUT2D eigenvalue weighted by molar-refractivity contribution is 5.83. The van der Waals surface area contributed by atoms with E-state index in [1.165, 1.54) is 4.90 Å². The normalized spacial score (nSPS) is 12.5. The molecule has 0 saturated heterocycles. The Hall–Kier alpha value is -1.10. The van der Waals surface area contributed by atoms with Crippen molar-refractivity contribution in [1.29, 1.82) is 0 Å². The van der Waals surface area contributed by atoms with Crippen molar-refractivity contribution in [1.82, 2.24) is 4.90 Å². The smallest absolute Gasteiger partial charge is 0.237 e. The summed E-state index contributed by atoms with van der Waals surface area (Å²) in [6.07, 6.45) is 1.27. The molecule has 0 heterocycles. The first-order valence-electron chi connectivity index (χ1n) is 6.16. The van der Waals surface area contributed by atoms with Gasteiger partial charge in [0.2, 0.25) is 11.8 Å². The lowest BCUT2D eigenvalue weighted by Gasteiger charge is -2.25. The highest BCUT2D eigenvalue weighted by Gasteiger charge is 2.19. The third-order valence-corrected chi connectivity index (χ3v) is 2.66. The van der Waals surface area contributed by atoms with E-state index in [9.17, 15) is 9.59 Å². The molecule has 0 bridgehead atoms. The minimum atomic E-state index is -0.472. The summed E-state index contributed by atoms with van der Waals surface area (Å²) in [6.45, 7) is 7.06. The molecule has 1 unspecified atom stereocenters. The SMILES string of the molecule is CCC(CN)CC(=O)N(CC(N)=O)CC(C)C. The number of carbonyl (C=O) groups is 2. The Labute approximate surface area is 104 Å². The lowest BCUT2D eigenvalue weighted by Crippen LogP contribution is -2.41. The number of hydrogen-bond acceptors (Lipinski definition) is 3. The van der Waals surface area contributed by atoms with Gasteiger partial charge < -0.3 is 16.4 Å². The average molecular weight is 243 g/mol. The Bertz CT molecular complexity index is 250. The third-order valence-electron chi connectivity index (χ3n) is 2.66. The fraction of sp³-hybridized carbons (Fsp3) is 0.833. The second kappa shape index (κ2) is 8.06. The fourth-order valence-corrected chi connectivity index (χ4v) is 1.65. The van der Waals surface area contributed by atoms with E-state index in [-0.39, 0.29) is 18.4 Å². The lowest BCUT2D eigenvalue weighted by atomic mass is 10.0. The van der Waals surface area contributed by atoms with E-state index in [1.54, 1.807) is 0 Å². The Balaban J connectivity index is 4.45. The van der Waals surface area contributed by atoms with Crippen LogP contribution in [0.15, 0.2) is 0 Å². The highest BCUT2D eigenvalue weighted by Crippen LogP contribution is 2.10. The summed E-state index contributed by atoms with van der Waals surface area (Å²) in [6, 6.07) is 0. The monoisotopic (exact) mass is 243 g/mol. The van der Waals surface area contributed by atoms with Gasteiger partial charge in [-0.15, -0.1) is 0 Å². The van der Waals surface area contributed by atoms with E-state index in [2.05, 4.69) is 0 Å². The molecule has 5 heteroatoms. The van der Waals surface area contributed by atoms with Gasteiger partial charge in [0.1, 0.15) is 0 Å². The minimum Gasteiger partial charge on any atom is -0.368 e. The Morgan fingerprint density at radius 3 is 2.24 bits per heavy atom. The number of primary amides is 1. The first-order valence-corrected chi connectivity index (χ1v) is 6.16. The Morgan fingerprint density at radius 1 is 1.29 bits per heavy atom. The molecule has 5 nitrogen and oxygen atoms in total. The molecule has 0 saturated carbocycles. The summed E-state index contributed by atoms with van der Waals surface area (Å²) >= 11 is 0. The average Bonchev–Trinajstić information content (AvgIpc) is 2.23. The van der Waals surface area contributed by atoms with E-state index in [1.807, 2.05) is 20.8 Å². The van der Waals surface area contributed by atoms with Gasteiger partial charge in [-0.2, -0.15) is 0 Å². The standard InChI is InChI=1S/C12H25N3O2/c1-4-10(6-13)5-12(17)15(7-9(2)3)8-11(14)16/h9-10H,4-8,13H2,1-3H3,(H2,14,16). The Morgan fingerprint density at radius 2 is 1.88 bits per heavy atom. The summed E-state index contributed by atoms with van der Waals surface area (Å²) in [5, 5.41) is 0. The number of hydrogen-bond donors (Lipinski definition) is 2. The molecule has 2 amide bonds. The molecule has 0 aliphatic carbocycles. The largest absolute Gasteiger partial charge is 0.368 e. The molecule has 0 spiro atoms. The maximum absolute atomic E-state index is 12.0. The van der Waals surface area contributed by atoms with Gasteiger partial charge in [0, 0.05) is 13.0 Å². The van der Waals surface area contributed by atoms with Crippen LogP contribution in [0.25, 0.3) is 0 Å². The van der Waals surface area contributed by atoms with Crippen LogP contribution in [0.3, 0.4) is 0 Å². The maximum atomic E-state index is 12.0. The van der Waals surface area contributed by atoms with Gasteiger partial charge in [-0.05, 0) is 18.4 Å². The van der Waals surface area contributed by atoms with Crippen LogP contribution < -0.4 is 11.5 Å². The van der Waals surface area contributed by atoms with Crippen molar-refractivity contribution < 1.29 is 9.59 Å². The predicted octanol–water partition coefficient (Wildman–Crippen LogP) is 0.331. The van der Waals surface area contributed by atoms with Crippen LogP contribution in [0.4, 0.5) is 0 Å². The molecule has 17 heavy (non-hydrogen) atoms. The zero-order valence-corrected chi connectivity index (χ0v) is 11.1. The van der Waals surface area contributed by atoms with Gasteiger partial charge in [-0.3, -0.25) is 9.59 Å². The van der Waals surface area contributed by atoms with Gasteiger partial charge in [-0.25, -0.2) is 0 Å². The van der Waals surface area contributed by atoms with Crippen molar-refractivity contribution in [3.05, 3.63) is 0 Å². The first kappa shape index (κ1) is 15.9. The van der Waals surface area contributed by atoms with Gasteiger partial charge in [0.25, 0.3) is 0 Å². The van der Waals surface area contributed by atoms with Crippen LogP contribution >= 0.6 is 0 Å². The highest BCUT2D eigenvalue weighted by atomic mass is 16.2. The fourth-order valence-electron chi connectivity index (χ4n) is 1.65. The molecule has 0 aromatic rings. The minimum absolute atomic E-state index is 0.00197. The molecule has 0 radical (unpaired) electrons. The van der Waals surface area contributed by atoms with E-state index in [0.717, 1.165) is 6.42 Å². The van der Waals surface area contributed by atoms with Crippen LogP contribution in [-0.4, -0.2) is 36.3 Å². The van der Waals surface area contributed by atoms with Crippen molar-refractivity contribution >= 4 is 11.8 Å². The number of nitrogens with two attached hydrogens (primary N) is 2. The van der Waals surface area contributed by atoms with E-state index < -0.39 is 5.91 Å². The lowest BCUT2D eigenvalue weighted by molar-refractivity contribution is -0.136. The number of nitrogens with zero attached hydrogens (tertiary/aromatic N) is 1. The van der Waals surface area contributed by atoms with Crippen LogP contribution in [0.2, 0.25) is 0 Å². The van der Waals surface area contributed by atoms with Crippen molar-refractivity contribution in [2.24, 2.45) is 23.3 Å². The predicted molar refractivity (Wildman–Crippen MR) is 68.1 cm³/mol. The quantitative estimate of drug-likeness (QED) is 0.644. The number of rotatable bonds is 8. The molecular formula is C12H25N3O2. The molecule has 0 rings (SSSR count). The third kappa shape index (κ3) is 6.94. The summed E-state index contributed by atoms with van der Waals surface area (Å²) in [5.74, 6) is -0.00381. The van der Waals surface area contributed by atoms with Gasteiger partial charge in [0.05, 0.1) is 6.54 Å². The van der Waals surface area contributed by atoms with Crippen molar-refractivity contribution in [2.45, 2.75) is 33.6 Å². The van der Waals surface area contributed by atoms with Gasteiger partial charge in [-0.1, -0.05) is 27.2 Å². The van der Waals surface area contributed by atoms with E-state index in [0.29, 0.717) is 25.4 Å². The molecule has 0 aromatic carbocycles. The summed E-state index contributed by atoms with van der Waals surface area (Å²) in [7, 11) is 0. The molecule has 0 aliphatic heterocycles. The van der Waals surface area contributed by atoms with Crippen molar-refractivity contribution in [3.63, 3.8) is 0 Å². The van der Waals surface area contributed by atoms with Crippen molar-refractivity contribution in [3.8, 4) is 0 Å². The van der Waals surface area contributed by atoms with Gasteiger partial charge >= 0.3 is 0 Å². The molecule has 0 fully saturated rings. The van der Waals surface area contributed by atoms with Gasteiger partial charge in [0.15, 0.2) is 0 Å². The zero-order valence-electron chi connectivity index (χ0n) is 11.1. The van der Waals surface area contributed by atoms with Crippen LogP contribution in [0.5, 0.6) is 0 Å². The molecule has 4 N–H and O–H groups in total. The van der Waals surface area contributed by atoms with Crippen LogP contribution in [-0.2, 0) is 9.59 Å². The first-order chi connectivity index (χ1) is 7.90. The molecule has 0 aromatic heterocycles. The number of carbonyl (C=O) groups excluding carboxylic acids is 2. The number of amides is 2. The second-order valence-electron chi connectivity index (χ2n) is 4.85. The molecular weight excluding hydrogens is 218 g/mol. The van der Waals surface area contributed by atoms with Crippen LogP contribution in [0, 0.1) is 11.8 Å². The van der Waals surface area contributed by atoms with E-state index >= 15 is 0 Å². The zero-order chi connectivity index (χ0) is 13.4. The maximum Gasteiger partial charge on any atom is 0.237 e.